The molecule has 16 heavy (non-hydrogen) atoms. The Morgan fingerprint density at radius 2 is 2.31 bits per heavy atom. The van der Waals surface area contributed by atoms with Crippen molar-refractivity contribution < 1.29 is 15.0 Å². The number of aliphatic carboxylic acids is 1. The van der Waals surface area contributed by atoms with Gasteiger partial charge in [0.2, 0.25) is 0 Å². The summed E-state index contributed by atoms with van der Waals surface area (Å²) < 4.78 is 1.99. The number of rotatable bonds is 3. The Morgan fingerprint density at radius 3 is 3.00 bits per heavy atom. The maximum atomic E-state index is 10.4. The summed E-state index contributed by atoms with van der Waals surface area (Å²) in [6, 6.07) is 0. The molecule has 1 aliphatic rings. The number of nitrogens with zero attached hydrogens (tertiary/aromatic N) is 2. The quantitative estimate of drug-likeness (QED) is 0.742. The van der Waals surface area contributed by atoms with Crippen molar-refractivity contribution in [3.8, 4) is 0 Å². The van der Waals surface area contributed by atoms with Gasteiger partial charge in [0.25, 0.3) is 0 Å². The van der Waals surface area contributed by atoms with Crippen molar-refractivity contribution in [3.05, 3.63) is 23.3 Å². The highest BCUT2D eigenvalue weighted by atomic mass is 16.4. The molecule has 2 heterocycles. The van der Waals surface area contributed by atoms with Crippen molar-refractivity contribution in [2.24, 2.45) is 0 Å². The van der Waals surface area contributed by atoms with E-state index in [1.807, 2.05) is 4.57 Å². The minimum absolute atomic E-state index is 0.0871. The van der Waals surface area contributed by atoms with E-state index in [0.717, 1.165) is 37.6 Å². The number of carboxylic acid groups (broad SMARTS) is 1. The highest BCUT2D eigenvalue weighted by molar-refractivity contribution is 5.84. The third kappa shape index (κ3) is 1.99. The van der Waals surface area contributed by atoms with Crippen molar-refractivity contribution in [3.63, 3.8) is 0 Å². The summed E-state index contributed by atoms with van der Waals surface area (Å²) in [5.74, 6) is -0.361. The highest BCUT2D eigenvalue weighted by Crippen LogP contribution is 2.21. The molecule has 1 aromatic rings. The predicted molar refractivity (Wildman–Crippen MR) is 57.8 cm³/mol. The molecule has 1 aromatic heterocycles. The number of aliphatic hydroxyl groups is 1. The van der Waals surface area contributed by atoms with Crippen LogP contribution in [0.15, 0.2) is 6.08 Å². The summed E-state index contributed by atoms with van der Waals surface area (Å²) in [5, 5.41) is 17.7. The molecule has 0 aliphatic carbocycles. The van der Waals surface area contributed by atoms with Crippen LogP contribution < -0.4 is 0 Å². The van der Waals surface area contributed by atoms with Crippen LogP contribution in [0.25, 0.3) is 6.08 Å². The van der Waals surface area contributed by atoms with Crippen molar-refractivity contribution in [1.29, 1.82) is 0 Å². The first-order chi connectivity index (χ1) is 7.72. The second-order valence-corrected chi connectivity index (χ2v) is 3.80. The Bertz CT molecular complexity index is 435. The summed E-state index contributed by atoms with van der Waals surface area (Å²) in [6.45, 7) is 0.762. The fourth-order valence-corrected chi connectivity index (χ4v) is 2.05. The van der Waals surface area contributed by atoms with E-state index in [4.69, 9.17) is 10.2 Å². The molecule has 0 fully saturated rings. The second-order valence-electron chi connectivity index (χ2n) is 3.80. The van der Waals surface area contributed by atoms with E-state index in [1.54, 1.807) is 0 Å². The SMILES string of the molecule is O=C(O)/C=C/c1nc(CO)c2n1CCCC2. The van der Waals surface area contributed by atoms with Crippen molar-refractivity contribution in [2.45, 2.75) is 32.4 Å². The Labute approximate surface area is 93.0 Å². The zero-order chi connectivity index (χ0) is 11.5. The lowest BCUT2D eigenvalue weighted by Crippen LogP contribution is -2.12. The van der Waals surface area contributed by atoms with Gasteiger partial charge in [0.15, 0.2) is 0 Å². The molecule has 0 amide bonds. The van der Waals surface area contributed by atoms with Gasteiger partial charge >= 0.3 is 5.97 Å². The minimum Gasteiger partial charge on any atom is -0.478 e. The zero-order valence-electron chi connectivity index (χ0n) is 8.89. The molecule has 0 unspecified atom stereocenters. The van der Waals surface area contributed by atoms with Gasteiger partial charge in [-0.15, -0.1) is 0 Å². The van der Waals surface area contributed by atoms with E-state index >= 15 is 0 Å². The van der Waals surface area contributed by atoms with Crippen LogP contribution >= 0.6 is 0 Å². The van der Waals surface area contributed by atoms with Gasteiger partial charge in [0.05, 0.1) is 12.3 Å². The van der Waals surface area contributed by atoms with E-state index in [0.29, 0.717) is 11.5 Å². The van der Waals surface area contributed by atoms with Crippen LogP contribution in [0.1, 0.15) is 30.1 Å². The summed E-state index contributed by atoms with van der Waals surface area (Å²) in [6.07, 6.45) is 5.63. The molecule has 0 radical (unpaired) electrons. The molecular formula is C11H14N2O3. The number of hydrogen-bond donors (Lipinski definition) is 2. The van der Waals surface area contributed by atoms with Crippen LogP contribution in [0.5, 0.6) is 0 Å². The first kappa shape index (κ1) is 10.9. The number of carboxylic acids is 1. The van der Waals surface area contributed by atoms with Crippen molar-refractivity contribution in [2.75, 3.05) is 0 Å². The molecule has 2 rings (SSSR count). The highest BCUT2D eigenvalue weighted by Gasteiger charge is 2.17. The summed E-state index contributed by atoms with van der Waals surface area (Å²) in [7, 11) is 0. The van der Waals surface area contributed by atoms with E-state index in [-0.39, 0.29) is 6.61 Å². The maximum Gasteiger partial charge on any atom is 0.328 e. The zero-order valence-corrected chi connectivity index (χ0v) is 8.89. The third-order valence-corrected chi connectivity index (χ3v) is 2.76. The van der Waals surface area contributed by atoms with Crippen LogP contribution in [-0.2, 0) is 24.4 Å². The molecule has 86 valence electrons. The Balaban J connectivity index is 2.38. The molecule has 1 aliphatic heterocycles. The molecule has 2 N–H and O–H groups in total. The number of aliphatic hydroxyl groups excluding tert-OH is 1. The predicted octanol–water partition coefficient (Wildman–Crippen LogP) is 0.810. The molecule has 0 saturated heterocycles. The lowest BCUT2D eigenvalue weighted by Gasteiger charge is -2.16. The van der Waals surface area contributed by atoms with Gasteiger partial charge in [0.1, 0.15) is 5.82 Å². The first-order valence-electron chi connectivity index (χ1n) is 5.32. The van der Waals surface area contributed by atoms with Crippen molar-refractivity contribution in [1.82, 2.24) is 9.55 Å². The van der Waals surface area contributed by atoms with Gasteiger partial charge in [-0.2, -0.15) is 0 Å². The lowest BCUT2D eigenvalue weighted by molar-refractivity contribution is -0.131. The van der Waals surface area contributed by atoms with Gasteiger partial charge in [-0.05, 0) is 25.3 Å². The van der Waals surface area contributed by atoms with Crippen LogP contribution in [0.2, 0.25) is 0 Å². The van der Waals surface area contributed by atoms with Gasteiger partial charge in [-0.3, -0.25) is 0 Å². The molecule has 0 saturated carbocycles. The van der Waals surface area contributed by atoms with Gasteiger partial charge in [0, 0.05) is 18.3 Å². The van der Waals surface area contributed by atoms with Gasteiger partial charge in [-0.1, -0.05) is 0 Å². The lowest BCUT2D eigenvalue weighted by atomic mass is 10.1. The number of fused-ring (bicyclic) bond motifs is 1. The normalized spacial score (nSPS) is 15.3. The minimum atomic E-state index is -0.987. The third-order valence-electron chi connectivity index (χ3n) is 2.76. The molecule has 0 spiro atoms. The number of hydrogen-bond acceptors (Lipinski definition) is 3. The summed E-state index contributed by atoms with van der Waals surface area (Å²) >= 11 is 0. The van der Waals surface area contributed by atoms with Crippen LogP contribution in [0.3, 0.4) is 0 Å². The van der Waals surface area contributed by atoms with Gasteiger partial charge < -0.3 is 14.8 Å². The second kappa shape index (κ2) is 4.49. The van der Waals surface area contributed by atoms with E-state index in [9.17, 15) is 4.79 Å². The van der Waals surface area contributed by atoms with Gasteiger partial charge in [-0.25, -0.2) is 9.78 Å². The van der Waals surface area contributed by atoms with Crippen molar-refractivity contribution >= 4 is 12.0 Å². The molecule has 0 aromatic carbocycles. The fraction of sp³-hybridized carbons (Fsp3) is 0.455. The molecule has 0 bridgehead atoms. The first-order valence-corrected chi connectivity index (χ1v) is 5.32. The van der Waals surface area contributed by atoms with Crippen LogP contribution in [0, 0.1) is 0 Å². The average Bonchev–Trinajstić information content (AvgIpc) is 2.65. The maximum absolute atomic E-state index is 10.4. The molecule has 5 nitrogen and oxygen atoms in total. The monoisotopic (exact) mass is 222 g/mol. The fourth-order valence-electron chi connectivity index (χ4n) is 2.05. The number of carbonyl (C=O) groups is 1. The molecule has 5 heteroatoms. The Morgan fingerprint density at radius 1 is 1.50 bits per heavy atom. The smallest absolute Gasteiger partial charge is 0.328 e. The average molecular weight is 222 g/mol. The van der Waals surface area contributed by atoms with Crippen LogP contribution in [-0.4, -0.2) is 25.7 Å². The van der Waals surface area contributed by atoms with Crippen LogP contribution in [0.4, 0.5) is 0 Å². The van der Waals surface area contributed by atoms with E-state index in [1.165, 1.54) is 6.08 Å². The number of imidazole rings is 1. The number of aromatic nitrogens is 2. The van der Waals surface area contributed by atoms with E-state index < -0.39 is 5.97 Å². The topological polar surface area (TPSA) is 75.3 Å². The Kier molecular flexibility index (Phi) is 3.05. The molecular weight excluding hydrogens is 208 g/mol. The van der Waals surface area contributed by atoms with E-state index in [2.05, 4.69) is 4.98 Å². The summed E-state index contributed by atoms with van der Waals surface area (Å²) in [5.41, 5.74) is 1.71. The standard InChI is InChI=1S/C11H14N2O3/c14-7-8-9-3-1-2-6-13(9)10(12-8)4-5-11(15)16/h4-5,14H,1-3,6-7H2,(H,15,16)/b5-4+. The Hall–Kier alpha value is -1.62. The molecule has 0 atom stereocenters. The summed E-state index contributed by atoms with van der Waals surface area (Å²) in [4.78, 5) is 14.7. The largest absolute Gasteiger partial charge is 0.478 e.